The number of nitrogens with zero attached hydrogens (tertiary/aromatic N) is 3. The number of benzene rings is 3. The molecule has 3 aromatic rings. The fourth-order valence-electron chi connectivity index (χ4n) is 3.82. The van der Waals surface area contributed by atoms with Gasteiger partial charge in [0.25, 0.3) is 0 Å². The number of likely N-dealkylation sites (N-methyl/N-ethyl adjacent to an activating group) is 1. The average Bonchev–Trinajstić information content (AvgIpc) is 2.77. The molecule has 0 saturated carbocycles. The molecule has 1 aliphatic rings. The van der Waals surface area contributed by atoms with Crippen molar-refractivity contribution in [1.29, 1.82) is 0 Å². The Hall–Kier alpha value is -2.28. The molecule has 4 nitrogen and oxygen atoms in total. The molecule has 3 aromatic carbocycles. The molecule has 0 aromatic heterocycles. The molecule has 6 heteroatoms. The number of quaternary nitrogens is 1. The van der Waals surface area contributed by atoms with Crippen molar-refractivity contribution in [3.05, 3.63) is 84.4 Å². The predicted molar refractivity (Wildman–Crippen MR) is 125 cm³/mol. The van der Waals surface area contributed by atoms with Gasteiger partial charge >= 0.3 is 0 Å². The summed E-state index contributed by atoms with van der Waals surface area (Å²) in [4.78, 5) is 5.01. The molecule has 0 aliphatic carbocycles. The quantitative estimate of drug-likeness (QED) is 0.246. The van der Waals surface area contributed by atoms with Crippen LogP contribution in [0.2, 0.25) is 0 Å². The van der Waals surface area contributed by atoms with Crippen molar-refractivity contribution in [3.8, 4) is 0 Å². The smallest absolute Gasteiger partial charge is 0.141 e. The van der Waals surface area contributed by atoms with Gasteiger partial charge in [0.15, 0.2) is 0 Å². The molecule has 0 amide bonds. The maximum Gasteiger partial charge on any atom is 0.141 e. The van der Waals surface area contributed by atoms with Crippen LogP contribution < -0.4 is 21.9 Å². The highest BCUT2D eigenvalue weighted by atomic mass is 79.9. The summed E-state index contributed by atoms with van der Waals surface area (Å²) in [5.74, 6) is 0. The Morgan fingerprint density at radius 3 is 1.97 bits per heavy atom. The van der Waals surface area contributed by atoms with E-state index in [1.807, 2.05) is 42.1 Å². The van der Waals surface area contributed by atoms with Crippen molar-refractivity contribution in [2.75, 3.05) is 32.1 Å². The number of hydrogen-bond acceptors (Lipinski definition) is 4. The van der Waals surface area contributed by atoms with Gasteiger partial charge in [-0.25, -0.2) is 0 Å². The molecular weight excluding hydrogens is 470 g/mol. The third-order valence-corrected chi connectivity index (χ3v) is 7.09. The highest BCUT2D eigenvalue weighted by molar-refractivity contribution is 7.99. The van der Waals surface area contributed by atoms with Crippen LogP contribution >= 0.6 is 11.8 Å². The van der Waals surface area contributed by atoms with E-state index in [1.54, 1.807) is 0 Å². The second-order valence-corrected chi connectivity index (χ2v) is 9.43. The Morgan fingerprint density at radius 1 is 0.903 bits per heavy atom. The predicted octanol–water partition coefficient (Wildman–Crippen LogP) is 2.64. The van der Waals surface area contributed by atoms with E-state index in [-0.39, 0.29) is 17.0 Å². The number of fused-ring (bicyclic) bond motifs is 2. The molecule has 1 N–H and O–H groups in total. The molecule has 1 unspecified atom stereocenters. The van der Waals surface area contributed by atoms with Crippen LogP contribution in [0.15, 0.2) is 93.8 Å². The number of oxime groups is 1. The summed E-state index contributed by atoms with van der Waals surface area (Å²) in [6.07, 6.45) is 0. The Bertz CT molecular complexity index is 1010. The third kappa shape index (κ3) is 4.97. The summed E-state index contributed by atoms with van der Waals surface area (Å²) in [7, 11) is 4.41. The third-order valence-electron chi connectivity index (χ3n) is 5.96. The molecule has 1 aliphatic heterocycles. The van der Waals surface area contributed by atoms with Crippen molar-refractivity contribution in [2.45, 2.75) is 22.8 Å². The zero-order chi connectivity index (χ0) is 21.1. The molecule has 1 heterocycles. The van der Waals surface area contributed by atoms with Gasteiger partial charge in [-0.2, -0.15) is 0 Å². The number of hydrogen-bond donors (Lipinski definition) is 1. The minimum Gasteiger partial charge on any atom is -1.00 e. The van der Waals surface area contributed by atoms with Gasteiger partial charge < -0.3 is 31.6 Å². The summed E-state index contributed by atoms with van der Waals surface area (Å²) in [5, 5.41) is 13.3. The molecule has 0 saturated heterocycles. The Balaban J connectivity index is 0.00000272. The summed E-state index contributed by atoms with van der Waals surface area (Å²) < 4.78 is 0.711. The normalized spacial score (nSPS) is 14.3. The Morgan fingerprint density at radius 2 is 1.42 bits per heavy atom. The summed E-state index contributed by atoms with van der Waals surface area (Å²) >= 11 is 1.83. The van der Waals surface area contributed by atoms with Gasteiger partial charge in [0.2, 0.25) is 0 Å². The van der Waals surface area contributed by atoms with E-state index in [2.05, 4.69) is 79.6 Å². The van der Waals surface area contributed by atoms with Crippen molar-refractivity contribution in [2.24, 2.45) is 5.16 Å². The zero-order valence-electron chi connectivity index (χ0n) is 18.1. The maximum absolute atomic E-state index is 9.67. The van der Waals surface area contributed by atoms with Crippen molar-refractivity contribution in [1.82, 2.24) is 0 Å². The lowest BCUT2D eigenvalue weighted by atomic mass is 10.1. The first-order chi connectivity index (χ1) is 14.5. The topological polar surface area (TPSA) is 35.8 Å². The van der Waals surface area contributed by atoms with Gasteiger partial charge in [-0.05, 0) is 31.2 Å². The molecule has 162 valence electrons. The standard InChI is InChI=1S/C25H27N3OS.BrH/c1-19(28(2,3)18-21(26-29)20-11-5-4-6-12-20)17-27-22-13-7-9-15-24(22)30-25-16-10-8-14-23(25)27;/h4-16,19H,17-18H2,1-3H3;1H/b26-21-;. The molecule has 1 atom stereocenters. The van der Waals surface area contributed by atoms with E-state index >= 15 is 0 Å². The lowest BCUT2D eigenvalue weighted by molar-refractivity contribution is -0.902. The number of anilines is 2. The van der Waals surface area contributed by atoms with E-state index in [9.17, 15) is 5.21 Å². The van der Waals surface area contributed by atoms with Gasteiger partial charge in [0, 0.05) is 15.4 Å². The number of halogens is 1. The lowest BCUT2D eigenvalue weighted by Crippen LogP contribution is -3.00. The van der Waals surface area contributed by atoms with Crippen molar-refractivity contribution < 1.29 is 26.7 Å². The molecule has 0 radical (unpaired) electrons. The maximum atomic E-state index is 9.67. The monoisotopic (exact) mass is 497 g/mol. The Kier molecular flexibility index (Phi) is 7.46. The fourth-order valence-corrected chi connectivity index (χ4v) is 4.91. The molecule has 0 bridgehead atoms. The summed E-state index contributed by atoms with van der Waals surface area (Å²) in [6, 6.07) is 27.4. The first-order valence-electron chi connectivity index (χ1n) is 10.2. The van der Waals surface area contributed by atoms with E-state index in [0.29, 0.717) is 22.8 Å². The zero-order valence-corrected chi connectivity index (χ0v) is 20.5. The van der Waals surface area contributed by atoms with Crippen molar-refractivity contribution in [3.63, 3.8) is 0 Å². The molecule has 0 spiro atoms. The first kappa shape index (κ1) is 23.4. The van der Waals surface area contributed by atoms with Crippen LogP contribution in [0, 0.1) is 0 Å². The van der Waals surface area contributed by atoms with Crippen LogP contribution in [0.5, 0.6) is 0 Å². The highest BCUT2D eigenvalue weighted by Crippen LogP contribution is 2.47. The number of rotatable bonds is 6. The van der Waals surface area contributed by atoms with Gasteiger partial charge in [0.1, 0.15) is 18.3 Å². The first-order valence-corrected chi connectivity index (χ1v) is 11.0. The van der Waals surface area contributed by atoms with Gasteiger partial charge in [-0.15, -0.1) is 0 Å². The molecule has 31 heavy (non-hydrogen) atoms. The fraction of sp³-hybridized carbons (Fsp3) is 0.240. The van der Waals surface area contributed by atoms with Gasteiger partial charge in [0.05, 0.1) is 32.0 Å². The van der Waals surface area contributed by atoms with Crippen LogP contribution in [0.3, 0.4) is 0 Å². The van der Waals surface area contributed by atoms with E-state index in [1.165, 1.54) is 21.2 Å². The van der Waals surface area contributed by atoms with E-state index in [4.69, 9.17) is 0 Å². The second kappa shape index (κ2) is 9.90. The van der Waals surface area contributed by atoms with Crippen LogP contribution in [0.1, 0.15) is 12.5 Å². The average molecular weight is 498 g/mol. The van der Waals surface area contributed by atoms with Gasteiger partial charge in [-0.1, -0.05) is 71.5 Å². The number of para-hydroxylation sites is 2. The second-order valence-electron chi connectivity index (χ2n) is 8.35. The van der Waals surface area contributed by atoms with Crippen molar-refractivity contribution >= 4 is 28.8 Å². The largest absolute Gasteiger partial charge is 1.00 e. The van der Waals surface area contributed by atoms with Gasteiger partial charge in [-0.3, -0.25) is 0 Å². The van der Waals surface area contributed by atoms with Crippen LogP contribution in [-0.4, -0.2) is 48.6 Å². The highest BCUT2D eigenvalue weighted by Gasteiger charge is 2.32. The van der Waals surface area contributed by atoms with E-state index in [0.717, 1.165) is 12.1 Å². The van der Waals surface area contributed by atoms with Crippen LogP contribution in [0.25, 0.3) is 0 Å². The van der Waals surface area contributed by atoms with Crippen LogP contribution in [-0.2, 0) is 0 Å². The lowest BCUT2D eigenvalue weighted by Gasteiger charge is -2.41. The summed E-state index contributed by atoms with van der Waals surface area (Å²) in [6.45, 7) is 3.79. The molecular formula is C25H28BrN3OS. The van der Waals surface area contributed by atoms with Crippen LogP contribution in [0.4, 0.5) is 11.4 Å². The molecule has 0 fully saturated rings. The molecule has 4 rings (SSSR count). The minimum absolute atomic E-state index is 0. The van der Waals surface area contributed by atoms with E-state index < -0.39 is 0 Å². The minimum atomic E-state index is 0. The Labute approximate surface area is 199 Å². The SMILES string of the molecule is CC(CN1c2ccccc2Sc2ccccc21)[N+](C)(C)C/C(=N/O)c1ccccc1.[Br-]. The summed E-state index contributed by atoms with van der Waals surface area (Å²) in [5.41, 5.74) is 4.19.